The molecule has 1 fully saturated rings. The summed E-state index contributed by atoms with van der Waals surface area (Å²) in [7, 11) is 0. The van der Waals surface area contributed by atoms with Gasteiger partial charge in [0.1, 0.15) is 42.2 Å². The molecule has 1 aliphatic rings. The number of hydrogen-bond acceptors (Lipinski definition) is 5. The van der Waals surface area contributed by atoms with Crippen LogP contribution in [0.4, 0.5) is 13.2 Å². The number of nitrogens with one attached hydrogen (secondary N) is 1. The highest BCUT2D eigenvalue weighted by Crippen LogP contribution is 2.32. The zero-order valence-corrected chi connectivity index (χ0v) is 24.9. The van der Waals surface area contributed by atoms with Gasteiger partial charge >= 0.3 is 0 Å². The molecule has 4 atom stereocenters. The second-order valence-electron chi connectivity index (χ2n) is 11.3. The van der Waals surface area contributed by atoms with Gasteiger partial charge in [-0.05, 0) is 65.1 Å². The van der Waals surface area contributed by atoms with Gasteiger partial charge in [-0.2, -0.15) is 5.26 Å². The van der Waals surface area contributed by atoms with Crippen LogP contribution in [0.15, 0.2) is 103 Å². The number of alkyl halides is 1. The lowest BCUT2D eigenvalue weighted by Crippen LogP contribution is -2.56. The normalized spacial score (nSPS) is 17.3. The van der Waals surface area contributed by atoms with Crippen molar-refractivity contribution in [2.24, 2.45) is 5.73 Å². The van der Waals surface area contributed by atoms with Crippen LogP contribution in [0.1, 0.15) is 34.6 Å². The average Bonchev–Trinajstić information content (AvgIpc) is 3.46. The number of ether oxygens (including phenoxy) is 1. The van der Waals surface area contributed by atoms with Crippen molar-refractivity contribution in [1.29, 1.82) is 5.26 Å². The molecular weight excluding hydrogens is 593 g/mol. The van der Waals surface area contributed by atoms with Gasteiger partial charge in [0, 0.05) is 12.3 Å². The first kappa shape index (κ1) is 32.3. The maximum Gasteiger partial charge on any atom is 0.247 e. The Morgan fingerprint density at radius 1 is 0.913 bits per heavy atom. The maximum absolute atomic E-state index is 14.4. The van der Waals surface area contributed by atoms with E-state index in [1.807, 2.05) is 36.4 Å². The number of rotatable bonds is 11. The highest BCUT2D eigenvalue weighted by Gasteiger charge is 2.42. The maximum atomic E-state index is 14.4. The van der Waals surface area contributed by atoms with E-state index in [1.54, 1.807) is 24.3 Å². The summed E-state index contributed by atoms with van der Waals surface area (Å²) in [6.45, 7) is 0.0273. The topological polar surface area (TPSA) is 108 Å². The first-order chi connectivity index (χ1) is 22.2. The summed E-state index contributed by atoms with van der Waals surface area (Å²) in [5.41, 5.74) is 8.96. The van der Waals surface area contributed by atoms with Gasteiger partial charge < -0.3 is 20.7 Å². The van der Waals surface area contributed by atoms with Crippen LogP contribution in [0, 0.1) is 23.0 Å². The number of amides is 2. The molecule has 4 aromatic rings. The first-order valence-electron chi connectivity index (χ1n) is 14.9. The number of nitriles is 1. The summed E-state index contributed by atoms with van der Waals surface area (Å²) in [5, 5.41) is 12.4. The van der Waals surface area contributed by atoms with E-state index < -0.39 is 53.7 Å². The van der Waals surface area contributed by atoms with E-state index >= 15 is 0 Å². The fraction of sp³-hybridized carbons (Fsp3) is 0.250. The van der Waals surface area contributed by atoms with Crippen molar-refractivity contribution >= 4 is 11.8 Å². The molecule has 46 heavy (non-hydrogen) atoms. The minimum atomic E-state index is -1.42. The smallest absolute Gasteiger partial charge is 0.247 e. The molecule has 1 heterocycles. The van der Waals surface area contributed by atoms with Gasteiger partial charge in [-0.25, -0.2) is 13.2 Å². The van der Waals surface area contributed by atoms with Crippen LogP contribution < -0.4 is 15.8 Å². The van der Waals surface area contributed by atoms with Crippen molar-refractivity contribution < 1.29 is 27.5 Å². The Labute approximate surface area is 265 Å². The lowest BCUT2D eigenvalue weighted by atomic mass is 9.83. The van der Waals surface area contributed by atoms with Crippen molar-refractivity contribution in [2.45, 2.75) is 49.7 Å². The third-order valence-corrected chi connectivity index (χ3v) is 7.98. The molecule has 4 unspecified atom stereocenters. The summed E-state index contributed by atoms with van der Waals surface area (Å²) in [6, 6.07) is 25.9. The molecule has 1 aliphatic heterocycles. The minimum absolute atomic E-state index is 0.101. The van der Waals surface area contributed by atoms with Crippen LogP contribution in [0.25, 0.3) is 0 Å². The van der Waals surface area contributed by atoms with Crippen molar-refractivity contribution in [3.8, 4) is 11.8 Å². The minimum Gasteiger partial charge on any atom is -0.489 e. The molecule has 4 aromatic carbocycles. The molecule has 5 rings (SSSR count). The van der Waals surface area contributed by atoms with Crippen LogP contribution >= 0.6 is 0 Å². The second-order valence-corrected chi connectivity index (χ2v) is 11.3. The van der Waals surface area contributed by atoms with Crippen molar-refractivity contribution in [3.05, 3.63) is 137 Å². The summed E-state index contributed by atoms with van der Waals surface area (Å²) in [6.07, 6.45) is -1.48. The molecular formula is C36H33F3N4O3. The van der Waals surface area contributed by atoms with Gasteiger partial charge in [0.15, 0.2) is 0 Å². The van der Waals surface area contributed by atoms with E-state index in [0.29, 0.717) is 29.0 Å². The number of benzene rings is 4. The van der Waals surface area contributed by atoms with Crippen LogP contribution in [0.3, 0.4) is 0 Å². The number of carbonyl (C=O) groups is 2. The van der Waals surface area contributed by atoms with Crippen molar-refractivity contribution in [1.82, 2.24) is 10.2 Å². The van der Waals surface area contributed by atoms with Gasteiger partial charge in [-0.15, -0.1) is 0 Å². The van der Waals surface area contributed by atoms with E-state index in [2.05, 4.69) is 5.32 Å². The van der Waals surface area contributed by atoms with Crippen LogP contribution in [0.5, 0.6) is 5.75 Å². The predicted molar refractivity (Wildman–Crippen MR) is 166 cm³/mol. The molecule has 7 nitrogen and oxygen atoms in total. The highest BCUT2D eigenvalue weighted by molar-refractivity contribution is 5.91. The Balaban J connectivity index is 1.41. The number of likely N-dealkylation sites (tertiary alicyclic amines) is 1. The molecule has 2 amide bonds. The van der Waals surface area contributed by atoms with E-state index in [1.165, 1.54) is 48.5 Å². The molecule has 0 spiro atoms. The van der Waals surface area contributed by atoms with E-state index in [0.717, 1.165) is 10.5 Å². The van der Waals surface area contributed by atoms with Gasteiger partial charge in [0.2, 0.25) is 11.8 Å². The van der Waals surface area contributed by atoms with Crippen molar-refractivity contribution in [2.75, 3.05) is 6.54 Å². The molecule has 0 bridgehead atoms. The summed E-state index contributed by atoms with van der Waals surface area (Å²) in [4.78, 5) is 28.9. The van der Waals surface area contributed by atoms with E-state index in [9.17, 15) is 28.0 Å². The highest BCUT2D eigenvalue weighted by atomic mass is 19.1. The molecule has 1 saturated heterocycles. The number of halogens is 3. The van der Waals surface area contributed by atoms with E-state index in [4.69, 9.17) is 10.5 Å². The second kappa shape index (κ2) is 14.8. The molecule has 0 aromatic heterocycles. The monoisotopic (exact) mass is 626 g/mol. The van der Waals surface area contributed by atoms with Crippen LogP contribution in [-0.2, 0) is 22.6 Å². The molecule has 236 valence electrons. The molecule has 0 radical (unpaired) electrons. The zero-order chi connectivity index (χ0) is 32.6. The third-order valence-electron chi connectivity index (χ3n) is 7.98. The Bertz CT molecular complexity index is 1630. The average molecular weight is 627 g/mol. The lowest BCUT2D eigenvalue weighted by molar-refractivity contribution is -0.137. The molecule has 0 saturated carbocycles. The third kappa shape index (κ3) is 7.92. The predicted octanol–water partition coefficient (Wildman–Crippen LogP) is 5.19. The SMILES string of the molecule is N#CC1CC(F)CN1C(=O)C(NC(=O)C(N)Cc1cccc(OCc2ccccc2)c1)C(c1ccc(F)cc1)c1ccc(F)cc1. The Hall–Kier alpha value is -5.14. The fourth-order valence-electron chi connectivity index (χ4n) is 5.64. The summed E-state index contributed by atoms with van der Waals surface area (Å²) in [5.74, 6) is -2.77. The van der Waals surface area contributed by atoms with Gasteiger partial charge in [0.05, 0.1) is 18.7 Å². The van der Waals surface area contributed by atoms with Crippen LogP contribution in [-0.4, -0.2) is 47.6 Å². The standard InChI is InChI=1S/C36H33F3N4O3/c37-27-13-9-25(10-14-27)33(26-11-15-28(38)16-12-26)34(36(45)43-21-29(39)19-30(43)20-40)42-35(44)32(41)18-24-7-4-8-31(17-24)46-22-23-5-2-1-3-6-23/h1-17,29-30,32-34H,18-19,21-22,41H2,(H,42,44). The number of carbonyl (C=O) groups excluding carboxylic acids is 2. The van der Waals surface area contributed by atoms with Gasteiger partial charge in [-0.1, -0.05) is 66.7 Å². The fourth-order valence-corrected chi connectivity index (χ4v) is 5.64. The molecule has 3 N–H and O–H groups in total. The Morgan fingerprint density at radius 3 is 2.13 bits per heavy atom. The molecule has 0 aliphatic carbocycles. The first-order valence-corrected chi connectivity index (χ1v) is 14.9. The summed E-state index contributed by atoms with van der Waals surface area (Å²) < 4.78 is 48.2. The Morgan fingerprint density at radius 2 is 1.52 bits per heavy atom. The lowest BCUT2D eigenvalue weighted by Gasteiger charge is -2.33. The summed E-state index contributed by atoms with van der Waals surface area (Å²) >= 11 is 0. The Kier molecular flexibility index (Phi) is 10.4. The van der Waals surface area contributed by atoms with Crippen molar-refractivity contribution in [3.63, 3.8) is 0 Å². The van der Waals surface area contributed by atoms with Gasteiger partial charge in [0.25, 0.3) is 0 Å². The van der Waals surface area contributed by atoms with Gasteiger partial charge in [-0.3, -0.25) is 9.59 Å². The number of hydrogen-bond donors (Lipinski definition) is 2. The van der Waals surface area contributed by atoms with E-state index in [-0.39, 0.29) is 19.4 Å². The van der Waals surface area contributed by atoms with Crippen LogP contribution in [0.2, 0.25) is 0 Å². The molecule has 10 heteroatoms. The number of nitrogens with zero attached hydrogens (tertiary/aromatic N) is 2. The zero-order valence-electron chi connectivity index (χ0n) is 24.9. The quantitative estimate of drug-likeness (QED) is 0.238. The largest absolute Gasteiger partial charge is 0.489 e. The number of nitrogens with two attached hydrogens (primary N) is 1.